The molecule has 0 radical (unpaired) electrons. The fourth-order valence-corrected chi connectivity index (χ4v) is 2.22. The average molecular weight is 286 g/mol. The number of hydrogen-bond donors (Lipinski definition) is 1. The van der Waals surface area contributed by atoms with Crippen molar-refractivity contribution in [2.75, 3.05) is 30.3 Å². The molecular formula is C11H16BrN3O. The smallest absolute Gasteiger partial charge is 0.152 e. The van der Waals surface area contributed by atoms with Crippen molar-refractivity contribution < 1.29 is 4.74 Å². The molecule has 2 heterocycles. The van der Waals surface area contributed by atoms with Crippen LogP contribution in [0.5, 0.6) is 0 Å². The number of ether oxygens (including phenoxy) is 1. The van der Waals surface area contributed by atoms with Crippen molar-refractivity contribution in [3.05, 3.63) is 16.7 Å². The number of nitrogen functional groups attached to an aromatic ring is 1. The van der Waals surface area contributed by atoms with Crippen LogP contribution in [0.4, 0.5) is 11.5 Å². The molecule has 0 spiro atoms. The first-order valence-corrected chi connectivity index (χ1v) is 6.27. The Morgan fingerprint density at radius 2 is 2.50 bits per heavy atom. The van der Waals surface area contributed by atoms with Gasteiger partial charge in [0.2, 0.25) is 0 Å². The largest absolute Gasteiger partial charge is 0.396 e. The maximum absolute atomic E-state index is 5.96. The standard InChI is InChI=1S/C11H16BrN3O/c1-2-9-7-15(3-4-16-9)11-10(13)5-8(12)6-14-11/h5-6,9H,2-4,7,13H2,1H3. The molecule has 1 unspecified atom stereocenters. The maximum atomic E-state index is 5.96. The molecule has 88 valence electrons. The molecule has 0 bridgehead atoms. The molecule has 1 aromatic heterocycles. The fraction of sp³-hybridized carbons (Fsp3) is 0.545. The van der Waals surface area contributed by atoms with Crippen LogP contribution < -0.4 is 10.6 Å². The Morgan fingerprint density at radius 1 is 1.69 bits per heavy atom. The quantitative estimate of drug-likeness (QED) is 0.904. The minimum atomic E-state index is 0.290. The lowest BCUT2D eigenvalue weighted by Gasteiger charge is -2.33. The summed E-state index contributed by atoms with van der Waals surface area (Å²) >= 11 is 3.36. The number of nitrogens with zero attached hydrogens (tertiary/aromatic N) is 2. The van der Waals surface area contributed by atoms with Crippen molar-refractivity contribution in [2.24, 2.45) is 0 Å². The maximum Gasteiger partial charge on any atom is 0.152 e. The van der Waals surface area contributed by atoms with E-state index in [0.29, 0.717) is 11.8 Å². The zero-order chi connectivity index (χ0) is 11.5. The van der Waals surface area contributed by atoms with Gasteiger partial charge in [0.05, 0.1) is 18.4 Å². The van der Waals surface area contributed by atoms with Crippen LogP contribution in [0.15, 0.2) is 16.7 Å². The summed E-state index contributed by atoms with van der Waals surface area (Å²) in [7, 11) is 0. The number of halogens is 1. The van der Waals surface area contributed by atoms with Gasteiger partial charge in [-0.1, -0.05) is 6.92 Å². The summed E-state index contributed by atoms with van der Waals surface area (Å²) < 4.78 is 6.53. The Bertz CT molecular complexity index is 372. The molecule has 0 aromatic carbocycles. The first kappa shape index (κ1) is 11.7. The predicted molar refractivity (Wildman–Crippen MR) is 68.6 cm³/mol. The van der Waals surface area contributed by atoms with Crippen LogP contribution in [0, 0.1) is 0 Å². The average Bonchev–Trinajstić information content (AvgIpc) is 2.29. The molecule has 16 heavy (non-hydrogen) atoms. The van der Waals surface area contributed by atoms with Gasteiger partial charge in [0.25, 0.3) is 0 Å². The SMILES string of the molecule is CCC1CN(c2ncc(Br)cc2N)CCO1. The van der Waals surface area contributed by atoms with Crippen LogP contribution in [0.3, 0.4) is 0 Å². The lowest BCUT2D eigenvalue weighted by molar-refractivity contribution is 0.0382. The van der Waals surface area contributed by atoms with Gasteiger partial charge < -0.3 is 15.4 Å². The van der Waals surface area contributed by atoms with Gasteiger partial charge in [-0.2, -0.15) is 0 Å². The molecule has 1 aliphatic rings. The summed E-state index contributed by atoms with van der Waals surface area (Å²) in [4.78, 5) is 6.56. The third-order valence-electron chi connectivity index (χ3n) is 2.76. The first-order valence-electron chi connectivity index (χ1n) is 5.48. The van der Waals surface area contributed by atoms with Crippen LogP contribution in [-0.4, -0.2) is 30.8 Å². The summed E-state index contributed by atoms with van der Waals surface area (Å²) in [6.07, 6.45) is 3.09. The summed E-state index contributed by atoms with van der Waals surface area (Å²) in [6.45, 7) is 4.60. The zero-order valence-electron chi connectivity index (χ0n) is 9.32. The van der Waals surface area contributed by atoms with Crippen molar-refractivity contribution in [1.29, 1.82) is 0 Å². The van der Waals surface area contributed by atoms with Crippen LogP contribution >= 0.6 is 15.9 Å². The van der Waals surface area contributed by atoms with Crippen molar-refractivity contribution in [3.8, 4) is 0 Å². The van der Waals surface area contributed by atoms with Gasteiger partial charge >= 0.3 is 0 Å². The molecule has 0 aliphatic carbocycles. The first-order chi connectivity index (χ1) is 7.70. The van der Waals surface area contributed by atoms with Crippen molar-refractivity contribution in [3.63, 3.8) is 0 Å². The molecule has 1 fully saturated rings. The summed E-state index contributed by atoms with van der Waals surface area (Å²) in [5.74, 6) is 0.866. The highest BCUT2D eigenvalue weighted by Gasteiger charge is 2.21. The predicted octanol–water partition coefficient (Wildman–Crippen LogP) is 2.04. The number of aromatic nitrogens is 1. The van der Waals surface area contributed by atoms with E-state index in [1.54, 1.807) is 6.20 Å². The normalized spacial score (nSPS) is 21.1. The molecule has 4 nitrogen and oxygen atoms in total. The number of hydrogen-bond acceptors (Lipinski definition) is 4. The van der Waals surface area contributed by atoms with Crippen LogP contribution in [0.2, 0.25) is 0 Å². The molecule has 1 aliphatic heterocycles. The molecule has 1 atom stereocenters. The van der Waals surface area contributed by atoms with E-state index in [-0.39, 0.29) is 0 Å². The highest BCUT2D eigenvalue weighted by atomic mass is 79.9. The third kappa shape index (κ3) is 2.47. The van der Waals surface area contributed by atoms with Gasteiger partial charge in [-0.15, -0.1) is 0 Å². The van der Waals surface area contributed by atoms with Gasteiger partial charge in [0.15, 0.2) is 5.82 Å². The number of morpholine rings is 1. The highest BCUT2D eigenvalue weighted by molar-refractivity contribution is 9.10. The molecule has 0 amide bonds. The third-order valence-corrected chi connectivity index (χ3v) is 3.19. The van der Waals surface area contributed by atoms with Crippen LogP contribution in [-0.2, 0) is 4.74 Å². The highest BCUT2D eigenvalue weighted by Crippen LogP contribution is 2.25. The minimum absolute atomic E-state index is 0.290. The number of anilines is 2. The van der Waals surface area contributed by atoms with E-state index < -0.39 is 0 Å². The Hall–Kier alpha value is -0.810. The molecule has 2 N–H and O–H groups in total. The van der Waals surface area contributed by atoms with E-state index in [1.165, 1.54) is 0 Å². The van der Waals surface area contributed by atoms with Crippen LogP contribution in [0.25, 0.3) is 0 Å². The van der Waals surface area contributed by atoms with Crippen LogP contribution in [0.1, 0.15) is 13.3 Å². The molecule has 1 aromatic rings. The molecular weight excluding hydrogens is 270 g/mol. The number of rotatable bonds is 2. The lowest BCUT2D eigenvalue weighted by Crippen LogP contribution is -2.42. The fourth-order valence-electron chi connectivity index (χ4n) is 1.87. The minimum Gasteiger partial charge on any atom is -0.396 e. The van der Waals surface area contributed by atoms with Gasteiger partial charge in [-0.25, -0.2) is 4.98 Å². The monoisotopic (exact) mass is 285 g/mol. The van der Waals surface area contributed by atoms with Crippen molar-refractivity contribution in [2.45, 2.75) is 19.4 Å². The van der Waals surface area contributed by atoms with Gasteiger partial charge in [0.1, 0.15) is 0 Å². The molecule has 0 saturated carbocycles. The van der Waals surface area contributed by atoms with E-state index in [2.05, 4.69) is 32.7 Å². The topological polar surface area (TPSA) is 51.4 Å². The second-order valence-corrected chi connectivity index (χ2v) is 4.83. The second kappa shape index (κ2) is 5.01. The summed E-state index contributed by atoms with van der Waals surface area (Å²) in [5, 5.41) is 0. The zero-order valence-corrected chi connectivity index (χ0v) is 10.9. The van der Waals surface area contributed by atoms with Gasteiger partial charge in [-0.05, 0) is 28.4 Å². The van der Waals surface area contributed by atoms with E-state index in [1.807, 2.05) is 6.07 Å². The van der Waals surface area contributed by atoms with E-state index >= 15 is 0 Å². The molecule has 5 heteroatoms. The Balaban J connectivity index is 2.16. The van der Waals surface area contributed by atoms with E-state index in [0.717, 1.165) is 36.4 Å². The van der Waals surface area contributed by atoms with Crippen molar-refractivity contribution in [1.82, 2.24) is 4.98 Å². The second-order valence-electron chi connectivity index (χ2n) is 3.91. The van der Waals surface area contributed by atoms with Gasteiger partial charge in [0, 0.05) is 23.8 Å². The Labute approximate surface area is 104 Å². The Morgan fingerprint density at radius 3 is 3.19 bits per heavy atom. The van der Waals surface area contributed by atoms with Crippen molar-refractivity contribution >= 4 is 27.4 Å². The Kier molecular flexibility index (Phi) is 3.66. The van der Waals surface area contributed by atoms with Gasteiger partial charge in [-0.3, -0.25) is 0 Å². The number of nitrogens with two attached hydrogens (primary N) is 1. The summed E-state index contributed by atoms with van der Waals surface area (Å²) in [5.41, 5.74) is 6.68. The number of pyridine rings is 1. The molecule has 2 rings (SSSR count). The summed E-state index contributed by atoms with van der Waals surface area (Å²) in [6, 6.07) is 1.89. The lowest BCUT2D eigenvalue weighted by atomic mass is 10.2. The molecule has 1 saturated heterocycles. The van der Waals surface area contributed by atoms with E-state index in [4.69, 9.17) is 10.5 Å². The van der Waals surface area contributed by atoms with E-state index in [9.17, 15) is 0 Å².